The van der Waals surface area contributed by atoms with Crippen LogP contribution in [0.25, 0.3) is 0 Å². The molecule has 0 radical (unpaired) electrons. The lowest BCUT2D eigenvalue weighted by atomic mass is 10.2. The predicted octanol–water partition coefficient (Wildman–Crippen LogP) is 2.75. The van der Waals surface area contributed by atoms with Crippen molar-refractivity contribution in [2.75, 3.05) is 5.32 Å². The normalized spacial score (nSPS) is 11.8. The number of pyridine rings is 1. The maximum atomic E-state index is 12.3. The van der Waals surface area contributed by atoms with Gasteiger partial charge in [-0.2, -0.15) is 0 Å². The molecule has 0 unspecified atom stereocenters. The number of carboxylic acid groups (broad SMARTS) is 1. The largest absolute Gasteiger partial charge is 0.477 e. The van der Waals surface area contributed by atoms with Gasteiger partial charge in [0.25, 0.3) is 5.91 Å². The summed E-state index contributed by atoms with van der Waals surface area (Å²) < 4.78 is 23.8. The van der Waals surface area contributed by atoms with Crippen molar-refractivity contribution in [3.63, 3.8) is 0 Å². The number of hydrogen-bond donors (Lipinski definition) is 2. The number of carbonyl (C=O) groups is 2. The number of rotatable bonds is 5. The number of aromatic nitrogens is 1. The Bertz CT molecular complexity index is 946. The molecular weight excluding hydrogens is 356 g/mol. The number of benzene rings is 1. The van der Waals surface area contributed by atoms with Crippen LogP contribution in [-0.2, 0) is 15.6 Å². The van der Waals surface area contributed by atoms with E-state index in [9.17, 15) is 18.0 Å². The number of aromatic carboxylic acids is 1. The van der Waals surface area contributed by atoms with Crippen LogP contribution < -0.4 is 5.32 Å². The predicted molar refractivity (Wildman–Crippen MR) is 98.0 cm³/mol. The highest BCUT2D eigenvalue weighted by Gasteiger charge is 2.29. The van der Waals surface area contributed by atoms with Crippen LogP contribution in [0.1, 0.15) is 47.3 Å². The lowest BCUT2D eigenvalue weighted by Gasteiger charge is -2.19. The first-order chi connectivity index (χ1) is 12.0. The summed E-state index contributed by atoms with van der Waals surface area (Å²) in [6.45, 7) is 4.90. The van der Waals surface area contributed by atoms with Crippen LogP contribution in [0.2, 0.25) is 0 Å². The van der Waals surface area contributed by atoms with E-state index in [2.05, 4.69) is 10.3 Å². The molecule has 1 amide bonds. The van der Waals surface area contributed by atoms with E-state index in [0.717, 1.165) is 0 Å². The molecule has 0 bridgehead atoms. The van der Waals surface area contributed by atoms with E-state index in [0.29, 0.717) is 11.3 Å². The Labute approximate surface area is 152 Å². The van der Waals surface area contributed by atoms with Gasteiger partial charge in [-0.15, -0.1) is 0 Å². The molecule has 2 aromatic rings. The zero-order chi connectivity index (χ0) is 19.5. The van der Waals surface area contributed by atoms with E-state index >= 15 is 0 Å². The van der Waals surface area contributed by atoms with Crippen LogP contribution in [0.3, 0.4) is 0 Å². The Morgan fingerprint density at radius 3 is 2.31 bits per heavy atom. The van der Waals surface area contributed by atoms with Crippen molar-refractivity contribution in [2.45, 2.75) is 31.3 Å². The molecule has 138 valence electrons. The van der Waals surface area contributed by atoms with Crippen molar-refractivity contribution in [1.29, 1.82) is 0 Å². The number of nitrogens with one attached hydrogen (secondary N) is 1. The van der Waals surface area contributed by atoms with Crippen molar-refractivity contribution in [1.82, 2.24) is 4.98 Å². The minimum absolute atomic E-state index is 0.0439. The zero-order valence-electron chi connectivity index (χ0n) is 14.7. The lowest BCUT2D eigenvalue weighted by Crippen LogP contribution is -2.29. The van der Waals surface area contributed by atoms with Gasteiger partial charge in [-0.05, 0) is 50.6 Å². The molecule has 2 rings (SSSR count). The Hall–Kier alpha value is -2.74. The molecule has 0 aliphatic rings. The van der Waals surface area contributed by atoms with Gasteiger partial charge in [0.2, 0.25) is 0 Å². The first-order valence-electron chi connectivity index (χ1n) is 7.82. The van der Waals surface area contributed by atoms with Crippen LogP contribution in [0, 0.1) is 0 Å². The lowest BCUT2D eigenvalue weighted by molar-refractivity contribution is 0.0690. The fraction of sp³-hybridized carbons (Fsp3) is 0.278. The third kappa shape index (κ3) is 4.66. The number of carbonyl (C=O) groups excluding carboxylic acids is 1. The Balaban J connectivity index is 2.20. The quantitative estimate of drug-likeness (QED) is 0.829. The Kier molecular flexibility index (Phi) is 5.46. The second-order valence-corrected chi connectivity index (χ2v) is 9.48. The Morgan fingerprint density at radius 1 is 1.08 bits per heavy atom. The van der Waals surface area contributed by atoms with Crippen molar-refractivity contribution in [3.05, 3.63) is 59.4 Å². The molecule has 0 saturated carbocycles. The van der Waals surface area contributed by atoms with Gasteiger partial charge >= 0.3 is 5.97 Å². The summed E-state index contributed by atoms with van der Waals surface area (Å²) in [7, 11) is -3.35. The zero-order valence-corrected chi connectivity index (χ0v) is 15.5. The van der Waals surface area contributed by atoms with Crippen molar-refractivity contribution in [2.24, 2.45) is 0 Å². The highest BCUT2D eigenvalue weighted by Crippen LogP contribution is 2.22. The van der Waals surface area contributed by atoms with Crippen LogP contribution in [0.5, 0.6) is 0 Å². The van der Waals surface area contributed by atoms with Gasteiger partial charge in [0.1, 0.15) is 11.4 Å². The van der Waals surface area contributed by atoms with E-state index in [4.69, 9.17) is 5.11 Å². The Morgan fingerprint density at radius 2 is 1.69 bits per heavy atom. The number of amides is 1. The summed E-state index contributed by atoms with van der Waals surface area (Å²) in [6, 6.07) is 10.6. The maximum Gasteiger partial charge on any atom is 0.354 e. The molecule has 0 saturated heterocycles. The summed E-state index contributed by atoms with van der Waals surface area (Å²) in [4.78, 5) is 27.0. The highest BCUT2D eigenvalue weighted by atomic mass is 32.2. The number of nitrogens with zero attached hydrogens (tertiary/aromatic N) is 1. The van der Waals surface area contributed by atoms with E-state index in [-0.39, 0.29) is 17.1 Å². The van der Waals surface area contributed by atoms with Crippen LogP contribution >= 0.6 is 0 Å². The monoisotopic (exact) mass is 376 g/mol. The molecule has 0 aliphatic carbocycles. The van der Waals surface area contributed by atoms with Crippen LogP contribution in [0.4, 0.5) is 5.69 Å². The van der Waals surface area contributed by atoms with Crippen molar-refractivity contribution >= 4 is 27.4 Å². The first kappa shape index (κ1) is 19.6. The molecule has 2 N–H and O–H groups in total. The molecule has 0 atom stereocenters. The van der Waals surface area contributed by atoms with Gasteiger partial charge in [0.15, 0.2) is 9.84 Å². The van der Waals surface area contributed by atoms with Crippen LogP contribution in [0.15, 0.2) is 42.5 Å². The fourth-order valence-electron chi connectivity index (χ4n) is 2.05. The second kappa shape index (κ2) is 7.25. The number of carboxylic acids is 1. The molecule has 26 heavy (non-hydrogen) atoms. The third-order valence-corrected chi connectivity index (χ3v) is 6.25. The van der Waals surface area contributed by atoms with Gasteiger partial charge < -0.3 is 10.4 Å². The molecule has 0 aliphatic heterocycles. The molecule has 1 aromatic carbocycles. The number of anilines is 1. The molecular formula is C18H20N2O5S. The van der Waals surface area contributed by atoms with Crippen molar-refractivity contribution in [3.8, 4) is 0 Å². The minimum Gasteiger partial charge on any atom is -0.477 e. The van der Waals surface area contributed by atoms with Gasteiger partial charge in [0, 0.05) is 5.69 Å². The van der Waals surface area contributed by atoms with E-state index < -0.39 is 26.5 Å². The van der Waals surface area contributed by atoms with Gasteiger partial charge in [0.05, 0.1) is 10.5 Å². The molecule has 0 spiro atoms. The SMILES string of the molecule is CC(C)(C)S(=O)(=O)Cc1cccc(NC(=O)c2cccc(C(=O)O)n2)c1. The minimum atomic E-state index is -3.35. The average Bonchev–Trinajstić information content (AvgIpc) is 2.53. The number of hydrogen-bond acceptors (Lipinski definition) is 5. The highest BCUT2D eigenvalue weighted by molar-refractivity contribution is 7.91. The average molecular weight is 376 g/mol. The first-order valence-corrected chi connectivity index (χ1v) is 9.48. The fourth-order valence-corrected chi connectivity index (χ4v) is 3.10. The summed E-state index contributed by atoms with van der Waals surface area (Å²) in [5.74, 6) is -1.95. The second-order valence-electron chi connectivity index (χ2n) is 6.74. The van der Waals surface area contributed by atoms with Gasteiger partial charge in [-0.1, -0.05) is 18.2 Å². The number of sulfone groups is 1. The van der Waals surface area contributed by atoms with Gasteiger partial charge in [-0.25, -0.2) is 18.2 Å². The summed E-state index contributed by atoms with van der Waals surface area (Å²) in [6.07, 6.45) is 0. The standard InChI is InChI=1S/C18H20N2O5S/c1-18(2,3)26(24,25)11-12-6-4-7-13(10-12)19-16(21)14-8-5-9-15(20-14)17(22)23/h4-10H,11H2,1-3H3,(H,19,21)(H,22,23). The smallest absolute Gasteiger partial charge is 0.354 e. The van der Waals surface area contributed by atoms with E-state index in [1.54, 1.807) is 45.0 Å². The van der Waals surface area contributed by atoms with E-state index in [1.165, 1.54) is 18.2 Å². The topological polar surface area (TPSA) is 113 Å². The molecule has 7 nitrogen and oxygen atoms in total. The molecule has 1 aromatic heterocycles. The summed E-state index contributed by atoms with van der Waals surface area (Å²) in [5.41, 5.74) is 0.671. The summed E-state index contributed by atoms with van der Waals surface area (Å²) >= 11 is 0. The van der Waals surface area contributed by atoms with E-state index in [1.807, 2.05) is 0 Å². The van der Waals surface area contributed by atoms with Gasteiger partial charge in [-0.3, -0.25) is 4.79 Å². The maximum absolute atomic E-state index is 12.3. The third-order valence-electron chi connectivity index (χ3n) is 3.68. The summed E-state index contributed by atoms with van der Waals surface area (Å²) in [5, 5.41) is 11.5. The van der Waals surface area contributed by atoms with Crippen molar-refractivity contribution < 1.29 is 23.1 Å². The molecule has 0 fully saturated rings. The molecule has 8 heteroatoms. The molecule has 1 heterocycles. The van der Waals surface area contributed by atoms with Crippen LogP contribution in [-0.4, -0.2) is 35.1 Å².